The van der Waals surface area contributed by atoms with Crippen LogP contribution in [0.1, 0.15) is 24.8 Å². The number of carboxylic acid groups (broad SMARTS) is 1. The Morgan fingerprint density at radius 2 is 2.19 bits per heavy atom. The molecule has 3 aliphatic rings. The highest BCUT2D eigenvalue weighted by Crippen LogP contribution is 2.50. The number of carbonyl (C=O) groups is 1. The van der Waals surface area contributed by atoms with Crippen LogP contribution in [0.5, 0.6) is 0 Å². The van der Waals surface area contributed by atoms with Crippen molar-refractivity contribution in [1.82, 2.24) is 4.90 Å². The third-order valence-electron chi connectivity index (χ3n) is 5.31. The number of hydrogen-bond donors (Lipinski definition) is 1. The monoisotopic (exact) mass is 287 g/mol. The Morgan fingerprint density at radius 3 is 2.95 bits per heavy atom. The summed E-state index contributed by atoms with van der Waals surface area (Å²) in [5.74, 6) is 0.335. The van der Waals surface area contributed by atoms with Gasteiger partial charge in [-0.3, -0.25) is 0 Å². The van der Waals surface area contributed by atoms with Gasteiger partial charge in [0.1, 0.15) is 0 Å². The number of piperidine rings is 1. The molecule has 112 valence electrons. The van der Waals surface area contributed by atoms with Gasteiger partial charge in [0.15, 0.2) is 0 Å². The maximum Gasteiger partial charge on any atom is 0.407 e. The first kappa shape index (κ1) is 12.8. The standard InChI is InChI=1S/C16H21N3O2/c1-2-17-8-9-19-13-6-7-18(16(20)21)10-12(13)11-4-3-5-14(17)15(11)19/h3-5,12-13H,2,6-10H2,1H3,(H,20,21). The summed E-state index contributed by atoms with van der Waals surface area (Å²) in [5, 5.41) is 9.28. The normalized spacial score (nSPS) is 26.6. The minimum atomic E-state index is -0.783. The van der Waals surface area contributed by atoms with E-state index in [1.54, 1.807) is 4.90 Å². The van der Waals surface area contributed by atoms with Gasteiger partial charge in [0.05, 0.1) is 11.4 Å². The first-order valence-electron chi connectivity index (χ1n) is 7.83. The third kappa shape index (κ3) is 1.73. The van der Waals surface area contributed by atoms with Crippen molar-refractivity contribution in [3.63, 3.8) is 0 Å². The summed E-state index contributed by atoms with van der Waals surface area (Å²) in [7, 11) is 0. The number of para-hydroxylation sites is 1. The van der Waals surface area contributed by atoms with E-state index in [9.17, 15) is 9.90 Å². The Bertz CT molecular complexity index is 589. The van der Waals surface area contributed by atoms with Crippen molar-refractivity contribution >= 4 is 17.5 Å². The predicted molar refractivity (Wildman–Crippen MR) is 82.4 cm³/mol. The Kier molecular flexibility index (Phi) is 2.77. The molecule has 2 unspecified atom stereocenters. The topological polar surface area (TPSA) is 47.0 Å². The van der Waals surface area contributed by atoms with Crippen LogP contribution in [0.25, 0.3) is 0 Å². The molecule has 1 saturated heterocycles. The summed E-state index contributed by atoms with van der Waals surface area (Å²) in [4.78, 5) is 17.8. The van der Waals surface area contributed by atoms with Crippen LogP contribution in [0.2, 0.25) is 0 Å². The second-order valence-electron chi connectivity index (χ2n) is 6.18. The minimum absolute atomic E-state index is 0.335. The molecule has 1 fully saturated rings. The number of amides is 1. The van der Waals surface area contributed by atoms with Crippen molar-refractivity contribution in [3.8, 4) is 0 Å². The maximum absolute atomic E-state index is 11.3. The molecule has 5 nitrogen and oxygen atoms in total. The van der Waals surface area contributed by atoms with Crippen LogP contribution in [-0.4, -0.2) is 54.9 Å². The van der Waals surface area contributed by atoms with E-state index in [0.717, 1.165) is 26.1 Å². The number of hydrogen-bond acceptors (Lipinski definition) is 3. The summed E-state index contributed by atoms with van der Waals surface area (Å²) in [6.45, 7) is 6.65. The molecule has 5 heteroatoms. The van der Waals surface area contributed by atoms with E-state index in [-0.39, 0.29) is 0 Å². The summed E-state index contributed by atoms with van der Waals surface area (Å²) < 4.78 is 0. The molecule has 1 amide bonds. The number of rotatable bonds is 1. The van der Waals surface area contributed by atoms with Gasteiger partial charge in [0.25, 0.3) is 0 Å². The summed E-state index contributed by atoms with van der Waals surface area (Å²) >= 11 is 0. The average Bonchev–Trinajstić information content (AvgIpc) is 2.83. The van der Waals surface area contributed by atoms with Gasteiger partial charge in [0, 0.05) is 44.7 Å². The average molecular weight is 287 g/mol. The summed E-state index contributed by atoms with van der Waals surface area (Å²) in [5.41, 5.74) is 4.05. The first-order valence-corrected chi connectivity index (χ1v) is 7.83. The molecular formula is C16H21N3O2. The van der Waals surface area contributed by atoms with Gasteiger partial charge in [-0.2, -0.15) is 0 Å². The molecule has 2 atom stereocenters. The number of nitrogens with zero attached hydrogens (tertiary/aromatic N) is 3. The zero-order chi connectivity index (χ0) is 14.6. The number of anilines is 2. The van der Waals surface area contributed by atoms with Gasteiger partial charge >= 0.3 is 6.09 Å². The van der Waals surface area contributed by atoms with Crippen LogP contribution < -0.4 is 9.80 Å². The zero-order valence-electron chi connectivity index (χ0n) is 12.3. The molecule has 3 heterocycles. The fourth-order valence-electron chi connectivity index (χ4n) is 4.33. The van der Waals surface area contributed by atoms with Crippen molar-refractivity contribution in [1.29, 1.82) is 0 Å². The maximum atomic E-state index is 11.3. The molecule has 1 aromatic rings. The van der Waals surface area contributed by atoms with Crippen LogP contribution in [0.15, 0.2) is 18.2 Å². The van der Waals surface area contributed by atoms with Crippen molar-refractivity contribution in [2.45, 2.75) is 25.3 Å². The van der Waals surface area contributed by atoms with Crippen LogP contribution >= 0.6 is 0 Å². The Labute approximate surface area is 124 Å². The first-order chi connectivity index (χ1) is 10.2. The third-order valence-corrected chi connectivity index (χ3v) is 5.31. The molecule has 0 aromatic heterocycles. The van der Waals surface area contributed by atoms with E-state index in [4.69, 9.17) is 0 Å². The molecule has 0 radical (unpaired) electrons. The van der Waals surface area contributed by atoms with E-state index in [1.807, 2.05) is 0 Å². The number of likely N-dealkylation sites (tertiary alicyclic amines) is 1. The Hall–Kier alpha value is -1.91. The van der Waals surface area contributed by atoms with Crippen molar-refractivity contribution < 1.29 is 9.90 Å². The largest absolute Gasteiger partial charge is 0.465 e. The van der Waals surface area contributed by atoms with Gasteiger partial charge in [0.2, 0.25) is 0 Å². The molecule has 0 bridgehead atoms. The van der Waals surface area contributed by atoms with E-state index in [0.29, 0.717) is 25.0 Å². The van der Waals surface area contributed by atoms with Crippen LogP contribution in [0.3, 0.4) is 0 Å². The highest BCUT2D eigenvalue weighted by Gasteiger charge is 2.45. The Balaban J connectivity index is 1.76. The number of fused-ring (bicyclic) bond motifs is 3. The van der Waals surface area contributed by atoms with Gasteiger partial charge in [-0.1, -0.05) is 12.1 Å². The van der Waals surface area contributed by atoms with E-state index >= 15 is 0 Å². The van der Waals surface area contributed by atoms with E-state index in [1.165, 1.54) is 16.9 Å². The lowest BCUT2D eigenvalue weighted by Gasteiger charge is -2.41. The van der Waals surface area contributed by atoms with Gasteiger partial charge in [-0.05, 0) is 25.0 Å². The molecule has 0 saturated carbocycles. The summed E-state index contributed by atoms with van der Waals surface area (Å²) in [6.07, 6.45) is 0.159. The molecule has 1 N–H and O–H groups in total. The van der Waals surface area contributed by atoms with Crippen molar-refractivity contribution in [2.24, 2.45) is 0 Å². The van der Waals surface area contributed by atoms with Crippen LogP contribution in [0.4, 0.5) is 16.2 Å². The van der Waals surface area contributed by atoms with Crippen LogP contribution in [-0.2, 0) is 0 Å². The number of benzene rings is 1. The van der Waals surface area contributed by atoms with Crippen molar-refractivity contribution in [2.75, 3.05) is 42.5 Å². The zero-order valence-corrected chi connectivity index (χ0v) is 12.3. The molecule has 1 aromatic carbocycles. The van der Waals surface area contributed by atoms with Crippen molar-refractivity contribution in [3.05, 3.63) is 23.8 Å². The van der Waals surface area contributed by atoms with Crippen LogP contribution in [0, 0.1) is 0 Å². The van der Waals surface area contributed by atoms with Gasteiger partial charge in [-0.15, -0.1) is 0 Å². The molecule has 21 heavy (non-hydrogen) atoms. The lowest BCUT2D eigenvalue weighted by Crippen LogP contribution is -2.50. The highest BCUT2D eigenvalue weighted by molar-refractivity contribution is 5.81. The lowest BCUT2D eigenvalue weighted by atomic mass is 9.89. The quantitative estimate of drug-likeness (QED) is 0.860. The van der Waals surface area contributed by atoms with E-state index < -0.39 is 6.09 Å². The van der Waals surface area contributed by atoms with E-state index in [2.05, 4.69) is 34.9 Å². The number of likely N-dealkylation sites (N-methyl/N-ethyl adjacent to an activating group) is 1. The highest BCUT2D eigenvalue weighted by atomic mass is 16.4. The molecule has 0 spiro atoms. The fourth-order valence-corrected chi connectivity index (χ4v) is 4.33. The smallest absolute Gasteiger partial charge is 0.407 e. The Morgan fingerprint density at radius 1 is 1.33 bits per heavy atom. The lowest BCUT2D eigenvalue weighted by molar-refractivity contribution is 0.127. The minimum Gasteiger partial charge on any atom is -0.465 e. The second kappa shape index (κ2) is 4.55. The predicted octanol–water partition coefficient (Wildman–Crippen LogP) is 2.18. The summed E-state index contributed by atoms with van der Waals surface area (Å²) in [6, 6.07) is 7.01. The molecule has 4 rings (SSSR count). The molecular weight excluding hydrogens is 266 g/mol. The molecule has 3 aliphatic heterocycles. The second-order valence-corrected chi connectivity index (χ2v) is 6.18. The SMILES string of the molecule is CCN1CCN2c3c(cccc31)C1CN(C(=O)O)CCC12. The van der Waals surface area contributed by atoms with Gasteiger partial charge < -0.3 is 19.8 Å². The molecule has 0 aliphatic carbocycles. The fraction of sp³-hybridized carbons (Fsp3) is 0.562. The van der Waals surface area contributed by atoms with Gasteiger partial charge in [-0.25, -0.2) is 4.79 Å².